The lowest BCUT2D eigenvalue weighted by molar-refractivity contribution is -0.146. The molecule has 2 rings (SSSR count). The maximum absolute atomic E-state index is 13.5. The van der Waals surface area contributed by atoms with Crippen molar-refractivity contribution in [2.24, 2.45) is 63.9 Å². The molecule has 0 aromatic heterocycles. The van der Waals surface area contributed by atoms with Crippen LogP contribution in [-0.4, -0.2) is 96.4 Å². The van der Waals surface area contributed by atoms with Crippen LogP contribution in [-0.2, 0) is 83.5 Å². The Kier molecular flexibility index (Phi) is 45.4. The molecule has 0 aliphatic carbocycles. The summed E-state index contributed by atoms with van der Waals surface area (Å²) in [6.45, 7) is 36.8. The summed E-state index contributed by atoms with van der Waals surface area (Å²) in [7, 11) is 0. The van der Waals surface area contributed by atoms with Crippen LogP contribution in [0.2, 0.25) is 0 Å². The number of carbonyl (C=O) groups excluding carboxylic acids is 11. The monoisotopic (exact) mass is 1400 g/mol. The Bertz CT molecular complexity index is 2790. The smallest absolute Gasteiger partial charge is 0.312 e. The average molecular weight is 1400 g/mol. The number of nitrogens with one attached hydrogen (secondary N) is 5. The molecule has 0 bridgehead atoms. The zero-order valence-corrected chi connectivity index (χ0v) is 64.8. The Morgan fingerprint density at radius 2 is 0.780 bits per heavy atom. The fourth-order valence-electron chi connectivity index (χ4n) is 10.8. The van der Waals surface area contributed by atoms with Gasteiger partial charge in [-0.2, -0.15) is 0 Å². The Labute approximate surface area is 602 Å². The highest BCUT2D eigenvalue weighted by Crippen LogP contribution is 2.32. The number of Topliss-reactive ketones (excluding diaryl/α,β-unsaturated/α-hetero) is 4. The quantitative estimate of drug-likeness (QED) is 0.0266. The molecule has 0 aliphatic heterocycles. The summed E-state index contributed by atoms with van der Waals surface area (Å²) in [5, 5.41) is 14.0. The second-order valence-corrected chi connectivity index (χ2v) is 31.3. The Morgan fingerprint density at radius 1 is 0.410 bits per heavy atom. The van der Waals surface area contributed by atoms with Crippen LogP contribution in [0.5, 0.6) is 0 Å². The number of ether oxygens (including phenoxy) is 2. The zero-order valence-electron chi connectivity index (χ0n) is 64.8. The Hall–Kier alpha value is -6.79. The lowest BCUT2D eigenvalue weighted by Crippen LogP contribution is -2.46. The van der Waals surface area contributed by atoms with Crippen LogP contribution in [0.4, 0.5) is 4.79 Å². The third-order valence-corrected chi connectivity index (χ3v) is 19.6. The molecule has 0 spiro atoms. The molecule has 19 nitrogen and oxygen atoms in total. The van der Waals surface area contributed by atoms with E-state index in [1.807, 2.05) is 52.0 Å². The van der Waals surface area contributed by atoms with Crippen LogP contribution in [0.1, 0.15) is 281 Å². The molecule has 7 N–H and O–H groups in total. The van der Waals surface area contributed by atoms with Gasteiger partial charge in [-0.25, -0.2) is 4.79 Å². The minimum atomic E-state index is -0.804. The number of benzene rings is 2. The van der Waals surface area contributed by atoms with Gasteiger partial charge in [-0.3, -0.25) is 47.9 Å². The molecular formula is C81H134N6O13. The predicted octanol–water partition coefficient (Wildman–Crippen LogP) is 14.5. The van der Waals surface area contributed by atoms with Gasteiger partial charge in [0.1, 0.15) is 24.8 Å². The fourth-order valence-corrected chi connectivity index (χ4v) is 10.8. The van der Waals surface area contributed by atoms with Gasteiger partial charge in [0.15, 0.2) is 11.6 Å². The molecule has 0 aliphatic rings. The number of amides is 6. The number of hydrogen-bond acceptors (Lipinski definition) is 13. The van der Waals surface area contributed by atoms with Gasteiger partial charge in [0.25, 0.3) is 0 Å². The molecule has 0 saturated carbocycles. The Balaban J connectivity index is 0.00000101. The summed E-state index contributed by atoms with van der Waals surface area (Å²) in [6, 6.07) is 12.3. The van der Waals surface area contributed by atoms with Gasteiger partial charge < -0.3 is 41.8 Å². The van der Waals surface area contributed by atoms with Gasteiger partial charge in [0, 0.05) is 95.7 Å². The third kappa shape index (κ3) is 42.5. The number of rotatable bonds is 52. The van der Waals surface area contributed by atoms with Crippen LogP contribution >= 0.6 is 0 Å². The first-order chi connectivity index (χ1) is 46.9. The molecule has 0 saturated heterocycles. The average Bonchev–Trinajstić information content (AvgIpc) is 0.876. The van der Waals surface area contributed by atoms with Crippen molar-refractivity contribution in [3.8, 4) is 0 Å². The maximum Gasteiger partial charge on any atom is 0.312 e. The standard InChI is InChI=1S/C42H70N4O7.C39H64N2O6/c1-29(2)14-10-9-11-15-34(47)27-35(30(3)4)40(51)46-36(16-12-25-45-41(43)52)37(48)26-32-18-20-33(21-19-32)28-53-39(50)17-13-24-44-38(49)22-23-42(7,8)31(5)6;1-27(2)14-11-10-12-15-33(42)25-34(28(3)4)38(46)41-30(7)35(43)24-31-17-19-32(20-18-31)26-47-37(45)16-13-23-40-36(44)21-22-39(8,9)29(5)6/h18-21,29-31,35-36H,9-17,22-28H2,1-8H3,(H,44,49)(H,46,51)(H3,43,45,52);17-20,27-30,34H,10-16,21-26H2,1-9H3,(H,40,44)(H,41,46)/t35-,36-;30-,34-/m00/s1. The molecule has 19 heteroatoms. The first-order valence-electron chi connectivity index (χ1n) is 37.7. The minimum absolute atomic E-state index is 0.00672. The maximum atomic E-state index is 13.5. The van der Waals surface area contributed by atoms with E-state index in [0.29, 0.717) is 88.1 Å². The molecule has 0 radical (unpaired) electrons. The molecule has 6 amide bonds. The van der Waals surface area contributed by atoms with E-state index in [9.17, 15) is 52.7 Å². The number of esters is 2. The van der Waals surface area contributed by atoms with Crippen LogP contribution in [0.3, 0.4) is 0 Å². The highest BCUT2D eigenvalue weighted by Gasteiger charge is 2.31. The molecule has 2 aromatic carbocycles. The normalized spacial score (nSPS) is 12.9. The second kappa shape index (κ2) is 49.7. The minimum Gasteiger partial charge on any atom is -0.461 e. The summed E-state index contributed by atoms with van der Waals surface area (Å²) < 4.78 is 10.8. The second-order valence-electron chi connectivity index (χ2n) is 31.3. The first-order valence-corrected chi connectivity index (χ1v) is 37.7. The SMILES string of the molecule is CC(C)CCCCCC(=O)C[C@H](C(=O)N[C@@H](C)C(=O)Cc1ccc(COC(=O)CCCNC(=O)CCC(C)(C)C(C)C)cc1)C(C)C.CC(C)CCCCCC(=O)C[C@H](C(=O)N[C@@H](CCCNC(N)=O)C(=O)Cc1ccc(COC(=O)CCCNC(=O)CCC(C)(C)C(C)C)cc1)C(C)C. The van der Waals surface area contributed by atoms with Crippen molar-refractivity contribution in [1.82, 2.24) is 26.6 Å². The number of primary amides is 1. The molecule has 2 aromatic rings. The number of unbranched alkanes of at least 4 members (excludes halogenated alkanes) is 4. The lowest BCUT2D eigenvalue weighted by Gasteiger charge is -2.28. The van der Waals surface area contributed by atoms with E-state index in [0.717, 1.165) is 80.0 Å². The number of urea groups is 1. The molecule has 566 valence electrons. The van der Waals surface area contributed by atoms with Crippen molar-refractivity contribution in [2.45, 2.75) is 297 Å². The topological polar surface area (TPSA) is 292 Å². The van der Waals surface area contributed by atoms with Gasteiger partial charge >= 0.3 is 18.0 Å². The highest BCUT2D eigenvalue weighted by molar-refractivity contribution is 5.94. The van der Waals surface area contributed by atoms with Crippen molar-refractivity contribution in [3.63, 3.8) is 0 Å². The van der Waals surface area contributed by atoms with Crippen molar-refractivity contribution in [1.29, 1.82) is 0 Å². The summed E-state index contributed by atoms with van der Waals surface area (Å²) in [5.41, 5.74) is 8.50. The van der Waals surface area contributed by atoms with E-state index in [4.69, 9.17) is 15.2 Å². The van der Waals surface area contributed by atoms with Crippen LogP contribution < -0.4 is 32.3 Å². The van der Waals surface area contributed by atoms with Gasteiger partial charge in [0.2, 0.25) is 23.6 Å². The summed E-state index contributed by atoms with van der Waals surface area (Å²) >= 11 is 0. The van der Waals surface area contributed by atoms with Gasteiger partial charge in [-0.1, -0.05) is 198 Å². The molecule has 0 heterocycles. The van der Waals surface area contributed by atoms with Gasteiger partial charge in [0.05, 0.1) is 12.1 Å². The summed E-state index contributed by atoms with van der Waals surface area (Å²) in [4.78, 5) is 138. The molecular weight excluding hydrogens is 1260 g/mol. The van der Waals surface area contributed by atoms with Gasteiger partial charge in [-0.15, -0.1) is 0 Å². The molecule has 4 atom stereocenters. The third-order valence-electron chi connectivity index (χ3n) is 19.6. The van der Waals surface area contributed by atoms with Crippen LogP contribution in [0.25, 0.3) is 0 Å². The number of hydrogen-bond donors (Lipinski definition) is 6. The number of ketones is 4. The van der Waals surface area contributed by atoms with Crippen molar-refractivity contribution in [2.75, 3.05) is 19.6 Å². The predicted molar refractivity (Wildman–Crippen MR) is 398 cm³/mol. The van der Waals surface area contributed by atoms with E-state index in [-0.39, 0.29) is 140 Å². The highest BCUT2D eigenvalue weighted by atomic mass is 16.5. The van der Waals surface area contributed by atoms with Crippen molar-refractivity contribution < 1.29 is 62.2 Å². The van der Waals surface area contributed by atoms with Crippen LogP contribution in [0, 0.1) is 58.2 Å². The van der Waals surface area contributed by atoms with Gasteiger partial charge in [-0.05, 0) is 127 Å². The van der Waals surface area contributed by atoms with E-state index >= 15 is 0 Å². The summed E-state index contributed by atoms with van der Waals surface area (Å²) in [5.74, 6) is -0.221. The van der Waals surface area contributed by atoms with E-state index in [1.54, 1.807) is 31.2 Å². The van der Waals surface area contributed by atoms with Crippen LogP contribution in [0.15, 0.2) is 48.5 Å². The first kappa shape index (κ1) is 91.2. The fraction of sp³-hybridized carbons (Fsp3) is 0.716. The zero-order chi connectivity index (χ0) is 75.5. The number of nitrogens with two attached hydrogens (primary N) is 1. The lowest BCUT2D eigenvalue weighted by atomic mass is 9.77. The molecule has 0 fully saturated rings. The molecule has 0 unspecified atom stereocenters. The Morgan fingerprint density at radius 3 is 1.15 bits per heavy atom. The molecule has 100 heavy (non-hydrogen) atoms. The van der Waals surface area contributed by atoms with E-state index in [1.165, 1.54) is 6.42 Å². The largest absolute Gasteiger partial charge is 0.461 e. The summed E-state index contributed by atoms with van der Waals surface area (Å²) in [6.07, 6.45) is 14.4. The van der Waals surface area contributed by atoms with E-state index < -0.39 is 30.0 Å². The van der Waals surface area contributed by atoms with E-state index in [2.05, 4.69) is 110 Å². The number of carbonyl (C=O) groups is 11. The van der Waals surface area contributed by atoms with Crippen molar-refractivity contribution in [3.05, 3.63) is 70.8 Å². The van der Waals surface area contributed by atoms with Crippen molar-refractivity contribution >= 4 is 64.7 Å².